The molecule has 1 saturated carbocycles. The molecule has 0 aromatic heterocycles. The van der Waals surface area contributed by atoms with Crippen LogP contribution in [0.3, 0.4) is 0 Å². The van der Waals surface area contributed by atoms with Gasteiger partial charge in [-0.2, -0.15) is 0 Å². The molecule has 58 valence electrons. The molecule has 11 heavy (non-hydrogen) atoms. The highest BCUT2D eigenvalue weighted by atomic mass is 16.1. The summed E-state index contributed by atoms with van der Waals surface area (Å²) in [4.78, 5) is 11.0. The van der Waals surface area contributed by atoms with Crippen molar-refractivity contribution in [1.82, 2.24) is 0 Å². The van der Waals surface area contributed by atoms with Crippen LogP contribution in [0.25, 0.3) is 0 Å². The summed E-state index contributed by atoms with van der Waals surface area (Å²) in [7, 11) is 0. The van der Waals surface area contributed by atoms with Crippen molar-refractivity contribution in [1.29, 1.82) is 0 Å². The van der Waals surface area contributed by atoms with E-state index < -0.39 is 0 Å². The molecule has 0 aromatic rings. The van der Waals surface area contributed by atoms with Gasteiger partial charge in [0, 0.05) is 12.3 Å². The highest BCUT2D eigenvalue weighted by molar-refractivity contribution is 5.90. The average molecular weight is 148 g/mol. The summed E-state index contributed by atoms with van der Waals surface area (Å²) in [5.74, 6) is 1.40. The van der Waals surface area contributed by atoms with Gasteiger partial charge in [-0.3, -0.25) is 4.79 Å². The van der Waals surface area contributed by atoms with E-state index in [1.165, 1.54) is 5.57 Å². The fourth-order valence-electron chi connectivity index (χ4n) is 2.05. The van der Waals surface area contributed by atoms with E-state index in [0.29, 0.717) is 17.6 Å². The fourth-order valence-corrected chi connectivity index (χ4v) is 2.05. The van der Waals surface area contributed by atoms with Crippen LogP contribution in [-0.2, 0) is 4.79 Å². The molecule has 0 heterocycles. The zero-order valence-corrected chi connectivity index (χ0v) is 6.55. The van der Waals surface area contributed by atoms with Crippen LogP contribution in [0.1, 0.15) is 19.3 Å². The Kier molecular flexibility index (Phi) is 1.45. The van der Waals surface area contributed by atoms with E-state index in [2.05, 4.69) is 12.7 Å². The molecule has 0 unspecified atom stereocenters. The van der Waals surface area contributed by atoms with Crippen molar-refractivity contribution >= 4 is 5.78 Å². The molecule has 2 aliphatic rings. The van der Waals surface area contributed by atoms with Crippen LogP contribution in [0, 0.1) is 11.8 Å². The molecule has 1 fully saturated rings. The van der Waals surface area contributed by atoms with Crippen LogP contribution in [0.2, 0.25) is 0 Å². The van der Waals surface area contributed by atoms with Crippen LogP contribution in [0.5, 0.6) is 0 Å². The summed E-state index contributed by atoms with van der Waals surface area (Å²) in [6, 6.07) is 0. The Morgan fingerprint density at radius 2 is 2.45 bits per heavy atom. The molecule has 0 N–H and O–H groups in total. The van der Waals surface area contributed by atoms with E-state index in [1.54, 1.807) is 0 Å². The highest BCUT2D eigenvalue weighted by Gasteiger charge is 2.41. The molecule has 0 saturated heterocycles. The van der Waals surface area contributed by atoms with Gasteiger partial charge in [0.05, 0.1) is 0 Å². The zero-order valence-electron chi connectivity index (χ0n) is 6.55. The van der Waals surface area contributed by atoms with Crippen LogP contribution in [0.4, 0.5) is 0 Å². The van der Waals surface area contributed by atoms with Crippen LogP contribution in [-0.4, -0.2) is 5.78 Å². The van der Waals surface area contributed by atoms with Gasteiger partial charge in [-0.05, 0) is 18.8 Å². The molecular formula is C10H12O. The van der Waals surface area contributed by atoms with E-state index in [4.69, 9.17) is 0 Å². The second-order valence-electron chi connectivity index (χ2n) is 3.48. The molecule has 1 heteroatoms. The number of ketones is 1. The number of hydrogen-bond donors (Lipinski definition) is 0. The molecular weight excluding hydrogens is 136 g/mol. The topological polar surface area (TPSA) is 17.1 Å². The Labute approximate surface area is 66.8 Å². The molecule has 2 aliphatic carbocycles. The summed E-state index contributed by atoms with van der Waals surface area (Å²) in [5.41, 5.74) is 1.42. The van der Waals surface area contributed by atoms with E-state index >= 15 is 0 Å². The first-order valence-electron chi connectivity index (χ1n) is 4.14. The molecule has 0 amide bonds. The van der Waals surface area contributed by atoms with E-state index in [9.17, 15) is 4.79 Å². The smallest absolute Gasteiger partial charge is 0.140 e. The Hall–Kier alpha value is -0.850. The standard InChI is InChI=1S/C10H12O/c1-2-3-7-4-8-6-10(11)9(8)5-7/h2,5,8-9H,1,3-4,6H2/t8-,9-/m0/s1. The normalized spacial score (nSPS) is 34.2. The molecule has 0 radical (unpaired) electrons. The highest BCUT2D eigenvalue weighted by Crippen LogP contribution is 2.43. The largest absolute Gasteiger partial charge is 0.299 e. The molecule has 2 rings (SSSR count). The Morgan fingerprint density at radius 1 is 1.64 bits per heavy atom. The van der Waals surface area contributed by atoms with Crippen molar-refractivity contribution in [3.63, 3.8) is 0 Å². The van der Waals surface area contributed by atoms with Gasteiger partial charge >= 0.3 is 0 Å². The summed E-state index contributed by atoms with van der Waals surface area (Å²) in [5, 5.41) is 0. The quantitative estimate of drug-likeness (QED) is 0.548. The lowest BCUT2D eigenvalue weighted by molar-refractivity contribution is -0.130. The first-order valence-corrected chi connectivity index (χ1v) is 4.14. The van der Waals surface area contributed by atoms with Gasteiger partial charge in [-0.15, -0.1) is 6.58 Å². The molecule has 2 atom stereocenters. The van der Waals surface area contributed by atoms with Crippen molar-refractivity contribution in [3.05, 3.63) is 24.3 Å². The molecule has 1 nitrogen and oxygen atoms in total. The summed E-state index contributed by atoms with van der Waals surface area (Å²) >= 11 is 0. The third-order valence-electron chi connectivity index (χ3n) is 2.69. The number of carbonyl (C=O) groups excluding carboxylic acids is 1. The predicted octanol–water partition coefficient (Wildman–Crippen LogP) is 2.10. The van der Waals surface area contributed by atoms with Crippen LogP contribution in [0.15, 0.2) is 24.3 Å². The summed E-state index contributed by atoms with van der Waals surface area (Å²) in [6.07, 6.45) is 7.00. The van der Waals surface area contributed by atoms with Crippen LogP contribution >= 0.6 is 0 Å². The maximum atomic E-state index is 11.0. The third kappa shape index (κ3) is 0.953. The predicted molar refractivity (Wildman–Crippen MR) is 44.1 cm³/mol. The number of Topliss-reactive ketones (excluding diaryl/α,β-unsaturated/α-hetero) is 1. The molecule has 0 aromatic carbocycles. The van der Waals surface area contributed by atoms with E-state index in [0.717, 1.165) is 19.3 Å². The maximum Gasteiger partial charge on any atom is 0.140 e. The van der Waals surface area contributed by atoms with Crippen molar-refractivity contribution < 1.29 is 4.79 Å². The number of carbonyl (C=O) groups is 1. The van der Waals surface area contributed by atoms with Crippen molar-refractivity contribution in [2.75, 3.05) is 0 Å². The van der Waals surface area contributed by atoms with Gasteiger partial charge in [0.1, 0.15) is 5.78 Å². The van der Waals surface area contributed by atoms with Gasteiger partial charge < -0.3 is 0 Å². The first-order chi connectivity index (χ1) is 5.31. The van der Waals surface area contributed by atoms with Gasteiger partial charge in [-0.25, -0.2) is 0 Å². The van der Waals surface area contributed by atoms with Gasteiger partial charge in [-0.1, -0.05) is 17.7 Å². The molecule has 0 bridgehead atoms. The van der Waals surface area contributed by atoms with Crippen LogP contribution < -0.4 is 0 Å². The lowest BCUT2D eigenvalue weighted by Crippen LogP contribution is -2.32. The number of fused-ring (bicyclic) bond motifs is 1. The summed E-state index contributed by atoms with van der Waals surface area (Å²) in [6.45, 7) is 3.69. The second kappa shape index (κ2) is 2.33. The minimum Gasteiger partial charge on any atom is -0.299 e. The Morgan fingerprint density at radius 3 is 3.00 bits per heavy atom. The molecule has 0 spiro atoms. The average Bonchev–Trinajstić information content (AvgIpc) is 2.29. The van der Waals surface area contributed by atoms with Gasteiger partial charge in [0.15, 0.2) is 0 Å². The second-order valence-corrected chi connectivity index (χ2v) is 3.48. The number of rotatable bonds is 2. The lowest BCUT2D eigenvalue weighted by Gasteiger charge is -2.27. The summed E-state index contributed by atoms with van der Waals surface area (Å²) < 4.78 is 0. The van der Waals surface area contributed by atoms with E-state index in [1.807, 2.05) is 6.08 Å². The van der Waals surface area contributed by atoms with Crippen molar-refractivity contribution in [3.8, 4) is 0 Å². The van der Waals surface area contributed by atoms with E-state index in [-0.39, 0.29) is 0 Å². The van der Waals surface area contributed by atoms with Gasteiger partial charge in [0.25, 0.3) is 0 Å². The number of hydrogen-bond acceptors (Lipinski definition) is 1. The Bertz CT molecular complexity index is 237. The molecule has 0 aliphatic heterocycles. The van der Waals surface area contributed by atoms with Gasteiger partial charge in [0.2, 0.25) is 0 Å². The fraction of sp³-hybridized carbons (Fsp3) is 0.500. The zero-order chi connectivity index (χ0) is 7.84. The monoisotopic (exact) mass is 148 g/mol. The maximum absolute atomic E-state index is 11.0. The number of allylic oxidation sites excluding steroid dienone is 3. The SMILES string of the molecule is C=CCC1=C[C@@H]2C(=O)C[C@@H]2C1. The Balaban J connectivity index is 2.06. The van der Waals surface area contributed by atoms with Crippen molar-refractivity contribution in [2.45, 2.75) is 19.3 Å². The van der Waals surface area contributed by atoms with Crippen molar-refractivity contribution in [2.24, 2.45) is 11.8 Å². The lowest BCUT2D eigenvalue weighted by atomic mass is 9.75. The minimum atomic E-state index is 0.296. The first kappa shape index (κ1) is 6.84. The third-order valence-corrected chi connectivity index (χ3v) is 2.69. The minimum absolute atomic E-state index is 0.296.